The summed E-state index contributed by atoms with van der Waals surface area (Å²) < 4.78 is 27.4. The third kappa shape index (κ3) is 5.44. The molecule has 0 bridgehead atoms. The van der Waals surface area contributed by atoms with E-state index in [9.17, 15) is 13.2 Å². The number of halogens is 1. The van der Waals surface area contributed by atoms with Crippen LogP contribution in [0.3, 0.4) is 0 Å². The lowest BCUT2D eigenvalue weighted by Gasteiger charge is -2.11. The molecule has 2 N–H and O–H groups in total. The topological polar surface area (TPSA) is 88.2 Å². The number of carbonyl (C=O) groups is 1. The van der Waals surface area contributed by atoms with Crippen molar-refractivity contribution < 1.29 is 13.2 Å². The van der Waals surface area contributed by atoms with Gasteiger partial charge < -0.3 is 5.32 Å². The van der Waals surface area contributed by atoms with Crippen LogP contribution in [0.4, 0.5) is 5.69 Å². The second-order valence-corrected chi connectivity index (χ2v) is 9.31. The average molecular weight is 444 g/mol. The van der Waals surface area contributed by atoms with Gasteiger partial charge in [-0.3, -0.25) is 9.78 Å². The highest BCUT2D eigenvalue weighted by Crippen LogP contribution is 2.29. The van der Waals surface area contributed by atoms with E-state index in [2.05, 4.69) is 15.0 Å². The lowest BCUT2D eigenvalue weighted by molar-refractivity contribution is 0.102. The molecule has 3 rings (SSSR count). The molecule has 2 aromatic carbocycles. The van der Waals surface area contributed by atoms with Crippen molar-refractivity contribution in [1.29, 1.82) is 0 Å². The Morgan fingerprint density at radius 2 is 1.87 bits per heavy atom. The summed E-state index contributed by atoms with van der Waals surface area (Å²) in [5.74, 6) is -0.255. The van der Waals surface area contributed by atoms with Gasteiger partial charge in [0, 0.05) is 29.6 Å². The SMILES string of the molecule is CC(C)CNS(=O)(=O)c1cccc(C(=O)Nc2ccc(Cl)c(-c3ccccn3)c2)c1. The molecule has 0 aliphatic carbocycles. The molecule has 0 spiro atoms. The fraction of sp³-hybridized carbons (Fsp3) is 0.182. The normalized spacial score (nSPS) is 11.5. The van der Waals surface area contributed by atoms with Gasteiger partial charge in [-0.1, -0.05) is 37.6 Å². The number of benzene rings is 2. The first-order chi connectivity index (χ1) is 14.3. The fourth-order valence-electron chi connectivity index (χ4n) is 2.69. The number of pyridine rings is 1. The van der Waals surface area contributed by atoms with Gasteiger partial charge in [-0.15, -0.1) is 0 Å². The number of nitrogens with one attached hydrogen (secondary N) is 2. The summed E-state index contributed by atoms with van der Waals surface area (Å²) in [6.45, 7) is 4.15. The van der Waals surface area contributed by atoms with Crippen LogP contribution in [0.15, 0.2) is 71.8 Å². The van der Waals surface area contributed by atoms with Crippen LogP contribution < -0.4 is 10.0 Å². The Morgan fingerprint density at radius 1 is 1.07 bits per heavy atom. The van der Waals surface area contributed by atoms with Gasteiger partial charge in [-0.05, 0) is 54.4 Å². The summed E-state index contributed by atoms with van der Waals surface area (Å²) in [6, 6.07) is 16.5. The summed E-state index contributed by atoms with van der Waals surface area (Å²) in [4.78, 5) is 17.0. The van der Waals surface area contributed by atoms with Crippen molar-refractivity contribution in [2.45, 2.75) is 18.7 Å². The lowest BCUT2D eigenvalue weighted by Crippen LogP contribution is -2.27. The molecule has 6 nitrogen and oxygen atoms in total. The molecule has 3 aromatic rings. The second-order valence-electron chi connectivity index (χ2n) is 7.14. The van der Waals surface area contributed by atoms with Gasteiger partial charge in [0.15, 0.2) is 0 Å². The zero-order valence-corrected chi connectivity index (χ0v) is 18.2. The van der Waals surface area contributed by atoms with Crippen molar-refractivity contribution >= 4 is 33.2 Å². The quantitative estimate of drug-likeness (QED) is 0.559. The maximum atomic E-state index is 12.7. The number of anilines is 1. The van der Waals surface area contributed by atoms with Gasteiger partial charge in [-0.25, -0.2) is 13.1 Å². The van der Waals surface area contributed by atoms with E-state index in [1.54, 1.807) is 42.6 Å². The molecule has 0 unspecified atom stereocenters. The van der Waals surface area contributed by atoms with Crippen LogP contribution >= 0.6 is 11.6 Å². The lowest BCUT2D eigenvalue weighted by atomic mass is 10.1. The Kier molecular flexibility index (Phi) is 6.87. The summed E-state index contributed by atoms with van der Waals surface area (Å²) >= 11 is 6.28. The third-order valence-corrected chi connectivity index (χ3v) is 6.00. The molecule has 0 saturated heterocycles. The zero-order chi connectivity index (χ0) is 21.7. The van der Waals surface area contributed by atoms with Crippen molar-refractivity contribution in [2.24, 2.45) is 5.92 Å². The van der Waals surface area contributed by atoms with E-state index < -0.39 is 15.9 Å². The predicted octanol–water partition coefficient (Wildman–Crippen LogP) is 4.59. The van der Waals surface area contributed by atoms with Gasteiger partial charge in [-0.2, -0.15) is 0 Å². The summed E-state index contributed by atoms with van der Waals surface area (Å²) in [6.07, 6.45) is 1.66. The first-order valence-corrected chi connectivity index (χ1v) is 11.2. The molecular weight excluding hydrogens is 422 g/mol. The smallest absolute Gasteiger partial charge is 0.255 e. The summed E-state index contributed by atoms with van der Waals surface area (Å²) in [7, 11) is -3.69. The van der Waals surface area contributed by atoms with Crippen molar-refractivity contribution in [1.82, 2.24) is 9.71 Å². The maximum Gasteiger partial charge on any atom is 0.255 e. The first kappa shape index (κ1) is 22.0. The van der Waals surface area contributed by atoms with Gasteiger partial charge in [0.2, 0.25) is 10.0 Å². The second kappa shape index (κ2) is 9.38. The molecule has 0 aliphatic rings. The standard InChI is InChI=1S/C22H22ClN3O3S/c1-15(2)14-25-30(28,29)18-7-5-6-16(12-18)22(27)26-17-9-10-20(23)19(13-17)21-8-3-4-11-24-21/h3-13,15,25H,14H2,1-2H3,(H,26,27). The molecule has 8 heteroatoms. The molecule has 1 heterocycles. The Bertz CT molecular complexity index is 1150. The number of rotatable bonds is 7. The molecule has 156 valence electrons. The van der Waals surface area contributed by atoms with E-state index in [4.69, 9.17) is 11.6 Å². The number of amides is 1. The van der Waals surface area contributed by atoms with Crippen LogP contribution in [0, 0.1) is 5.92 Å². The van der Waals surface area contributed by atoms with Crippen molar-refractivity contribution in [3.63, 3.8) is 0 Å². The van der Waals surface area contributed by atoms with Crippen molar-refractivity contribution in [3.05, 3.63) is 77.4 Å². The minimum absolute atomic E-state index is 0.0427. The van der Waals surface area contributed by atoms with Crippen LogP contribution in [-0.2, 0) is 10.0 Å². The molecule has 0 atom stereocenters. The van der Waals surface area contributed by atoms with Crippen molar-refractivity contribution in [2.75, 3.05) is 11.9 Å². The minimum atomic E-state index is -3.69. The van der Waals surface area contributed by atoms with Crippen LogP contribution in [0.1, 0.15) is 24.2 Å². The van der Waals surface area contributed by atoms with Crippen LogP contribution in [0.2, 0.25) is 5.02 Å². The molecular formula is C22H22ClN3O3S. The monoisotopic (exact) mass is 443 g/mol. The van der Waals surface area contributed by atoms with E-state index >= 15 is 0 Å². The Hall–Kier alpha value is -2.74. The minimum Gasteiger partial charge on any atom is -0.322 e. The summed E-state index contributed by atoms with van der Waals surface area (Å²) in [5.41, 5.74) is 2.13. The maximum absolute atomic E-state index is 12.7. The Labute approximate surface area is 181 Å². The van der Waals surface area contributed by atoms with E-state index in [-0.39, 0.29) is 16.4 Å². The van der Waals surface area contributed by atoms with Gasteiger partial charge in [0.25, 0.3) is 5.91 Å². The van der Waals surface area contributed by atoms with Crippen LogP contribution in [-0.4, -0.2) is 25.9 Å². The van der Waals surface area contributed by atoms with Crippen LogP contribution in [0.25, 0.3) is 11.3 Å². The fourth-order valence-corrected chi connectivity index (χ4v) is 4.16. The number of carbonyl (C=O) groups excluding carboxylic acids is 1. The Balaban J connectivity index is 1.82. The van der Waals surface area contributed by atoms with E-state index in [1.165, 1.54) is 12.1 Å². The highest BCUT2D eigenvalue weighted by Gasteiger charge is 2.17. The summed E-state index contributed by atoms with van der Waals surface area (Å²) in [5, 5.41) is 3.29. The van der Waals surface area contributed by atoms with Gasteiger partial charge in [0.05, 0.1) is 15.6 Å². The molecule has 1 aromatic heterocycles. The number of sulfonamides is 1. The van der Waals surface area contributed by atoms with Crippen molar-refractivity contribution in [3.8, 4) is 11.3 Å². The van der Waals surface area contributed by atoms with E-state index in [1.807, 2.05) is 26.0 Å². The third-order valence-electron chi connectivity index (χ3n) is 4.25. The van der Waals surface area contributed by atoms with E-state index in [0.29, 0.717) is 28.5 Å². The van der Waals surface area contributed by atoms with E-state index in [0.717, 1.165) is 0 Å². The van der Waals surface area contributed by atoms with Gasteiger partial charge >= 0.3 is 0 Å². The highest BCUT2D eigenvalue weighted by molar-refractivity contribution is 7.89. The number of aromatic nitrogens is 1. The van der Waals surface area contributed by atoms with Gasteiger partial charge in [0.1, 0.15) is 0 Å². The Morgan fingerprint density at radius 3 is 2.57 bits per heavy atom. The number of nitrogens with zero attached hydrogens (tertiary/aromatic N) is 1. The molecule has 1 amide bonds. The number of hydrogen-bond donors (Lipinski definition) is 2. The van der Waals surface area contributed by atoms with Crippen LogP contribution in [0.5, 0.6) is 0 Å². The average Bonchev–Trinajstić information content (AvgIpc) is 2.74. The molecule has 0 radical (unpaired) electrons. The zero-order valence-electron chi connectivity index (χ0n) is 16.6. The first-order valence-electron chi connectivity index (χ1n) is 9.38. The molecule has 0 aliphatic heterocycles. The number of hydrogen-bond acceptors (Lipinski definition) is 4. The predicted molar refractivity (Wildman–Crippen MR) is 119 cm³/mol. The largest absolute Gasteiger partial charge is 0.322 e. The molecule has 0 fully saturated rings. The highest BCUT2D eigenvalue weighted by atomic mass is 35.5. The molecule has 0 saturated carbocycles. The molecule has 30 heavy (non-hydrogen) atoms.